The Bertz CT molecular complexity index is 1560. The van der Waals surface area contributed by atoms with Crippen molar-refractivity contribution in [3.63, 3.8) is 0 Å². The Kier molecular flexibility index (Phi) is 7.00. The highest BCUT2D eigenvalue weighted by Crippen LogP contribution is 2.49. The van der Waals surface area contributed by atoms with Gasteiger partial charge in [-0.3, -0.25) is 9.59 Å². The first-order valence-corrected chi connectivity index (χ1v) is 12.8. The molecule has 10 heteroatoms. The molecule has 0 saturated carbocycles. The molecule has 196 valence electrons. The fourth-order valence-corrected chi connectivity index (χ4v) is 5.44. The number of aromatic nitrogens is 3. The standard InChI is InChI=1S/C27H31FN4O4S/c1-8-29-24(33)18-10-16-17(12-32(7)26(34)20(16)31-18)23-21(36-25-14(3)9-13(2)11-30-25)19(28)22(37-23)15(4)27(5,6)35/h9-12,15,31,35H,8H2,1-7H3,(H,29,33). The number of nitrogens with zero attached hydrogens (tertiary/aromatic N) is 2. The van der Waals surface area contributed by atoms with Gasteiger partial charge >= 0.3 is 0 Å². The number of H-pyrrole nitrogens is 1. The van der Waals surface area contributed by atoms with Crippen molar-refractivity contribution in [2.24, 2.45) is 7.05 Å². The molecule has 37 heavy (non-hydrogen) atoms. The first-order valence-electron chi connectivity index (χ1n) is 12.0. The number of aryl methyl sites for hydroxylation is 3. The SMILES string of the molecule is CCNC(=O)c1cc2c(-c3sc(C(C)C(C)(C)O)c(F)c3Oc3ncc(C)cc3C)cn(C)c(=O)c2[nH]1. The molecule has 1 unspecified atom stereocenters. The van der Waals surface area contributed by atoms with Gasteiger partial charge in [-0.05, 0) is 52.3 Å². The Morgan fingerprint density at radius 2 is 2.05 bits per heavy atom. The van der Waals surface area contributed by atoms with E-state index in [2.05, 4.69) is 15.3 Å². The van der Waals surface area contributed by atoms with E-state index in [4.69, 9.17) is 4.74 Å². The van der Waals surface area contributed by atoms with E-state index in [0.717, 1.165) is 22.5 Å². The number of aromatic amines is 1. The minimum atomic E-state index is -1.20. The van der Waals surface area contributed by atoms with Crippen molar-refractivity contribution in [3.05, 3.63) is 62.4 Å². The predicted octanol–water partition coefficient (Wildman–Crippen LogP) is 5.16. The zero-order valence-electron chi connectivity index (χ0n) is 21.9. The van der Waals surface area contributed by atoms with Gasteiger partial charge in [0, 0.05) is 48.4 Å². The molecule has 1 amide bonds. The minimum Gasteiger partial charge on any atom is -0.434 e. The summed E-state index contributed by atoms with van der Waals surface area (Å²) in [7, 11) is 1.59. The van der Waals surface area contributed by atoms with Gasteiger partial charge in [0.25, 0.3) is 11.5 Å². The molecule has 4 aromatic heterocycles. The summed E-state index contributed by atoms with van der Waals surface area (Å²) in [5.74, 6) is -1.30. The summed E-state index contributed by atoms with van der Waals surface area (Å²) >= 11 is 1.14. The first-order chi connectivity index (χ1) is 17.3. The van der Waals surface area contributed by atoms with Crippen molar-refractivity contribution in [2.75, 3.05) is 6.54 Å². The second-order valence-corrected chi connectivity index (χ2v) is 10.9. The summed E-state index contributed by atoms with van der Waals surface area (Å²) in [5.41, 5.74) is 1.12. The van der Waals surface area contributed by atoms with Gasteiger partial charge in [-0.25, -0.2) is 9.37 Å². The molecular formula is C27H31FN4O4S. The molecule has 1 atom stereocenters. The average molecular weight is 527 g/mol. The Morgan fingerprint density at radius 3 is 2.68 bits per heavy atom. The van der Waals surface area contributed by atoms with Crippen LogP contribution >= 0.6 is 11.3 Å². The zero-order chi connectivity index (χ0) is 27.2. The van der Waals surface area contributed by atoms with E-state index in [1.807, 2.05) is 19.9 Å². The maximum Gasteiger partial charge on any atom is 0.274 e. The highest BCUT2D eigenvalue weighted by Gasteiger charge is 2.33. The van der Waals surface area contributed by atoms with Gasteiger partial charge in [-0.2, -0.15) is 0 Å². The van der Waals surface area contributed by atoms with Gasteiger partial charge in [0.1, 0.15) is 11.2 Å². The van der Waals surface area contributed by atoms with Crippen LogP contribution in [-0.4, -0.2) is 37.7 Å². The van der Waals surface area contributed by atoms with Gasteiger partial charge < -0.3 is 24.7 Å². The molecule has 0 aliphatic heterocycles. The zero-order valence-corrected chi connectivity index (χ0v) is 22.8. The smallest absolute Gasteiger partial charge is 0.274 e. The summed E-state index contributed by atoms with van der Waals surface area (Å²) in [6, 6.07) is 3.48. The van der Waals surface area contributed by atoms with Crippen molar-refractivity contribution >= 4 is 28.1 Å². The van der Waals surface area contributed by atoms with E-state index in [9.17, 15) is 14.7 Å². The average Bonchev–Trinajstić information content (AvgIpc) is 3.40. The summed E-state index contributed by atoms with van der Waals surface area (Å²) in [5, 5.41) is 13.8. The topological polar surface area (TPSA) is 109 Å². The van der Waals surface area contributed by atoms with Crippen molar-refractivity contribution in [1.29, 1.82) is 0 Å². The lowest BCUT2D eigenvalue weighted by atomic mass is 9.91. The molecule has 8 nitrogen and oxygen atoms in total. The Balaban J connectivity index is 2.00. The van der Waals surface area contributed by atoms with Gasteiger partial charge in [0.2, 0.25) is 5.88 Å². The number of amides is 1. The number of hydrogen-bond donors (Lipinski definition) is 3. The number of thiophene rings is 1. The van der Waals surface area contributed by atoms with Gasteiger partial charge in [-0.1, -0.05) is 6.92 Å². The third-order valence-electron chi connectivity index (χ3n) is 6.44. The van der Waals surface area contributed by atoms with Crippen molar-refractivity contribution < 1.29 is 19.0 Å². The molecule has 0 aromatic carbocycles. The van der Waals surface area contributed by atoms with E-state index in [0.29, 0.717) is 27.2 Å². The number of carbonyl (C=O) groups excluding carboxylic acids is 1. The molecule has 0 bridgehead atoms. The van der Waals surface area contributed by atoms with Crippen LogP contribution in [0.4, 0.5) is 4.39 Å². The predicted molar refractivity (Wildman–Crippen MR) is 143 cm³/mol. The maximum absolute atomic E-state index is 16.1. The molecule has 0 spiro atoms. The number of carbonyl (C=O) groups is 1. The molecular weight excluding hydrogens is 495 g/mol. The Hall–Kier alpha value is -3.50. The second kappa shape index (κ2) is 9.75. The lowest BCUT2D eigenvalue weighted by molar-refractivity contribution is 0.0558. The number of halogens is 1. The van der Waals surface area contributed by atoms with Crippen molar-refractivity contribution in [2.45, 2.75) is 53.1 Å². The number of hydrogen-bond acceptors (Lipinski definition) is 6. The third-order valence-corrected chi connectivity index (χ3v) is 7.81. The molecule has 0 aliphatic carbocycles. The minimum absolute atomic E-state index is 0.0451. The first kappa shape index (κ1) is 26.6. The fraction of sp³-hybridized carbons (Fsp3) is 0.370. The van der Waals surface area contributed by atoms with Crippen LogP contribution in [0.3, 0.4) is 0 Å². The van der Waals surface area contributed by atoms with Crippen LogP contribution in [0, 0.1) is 19.7 Å². The van der Waals surface area contributed by atoms with Gasteiger partial charge in [0.05, 0.1) is 15.4 Å². The van der Waals surface area contributed by atoms with E-state index < -0.39 is 17.3 Å². The molecule has 0 aliphatic rings. The third kappa shape index (κ3) is 4.91. The van der Waals surface area contributed by atoms with Crippen molar-refractivity contribution in [1.82, 2.24) is 19.9 Å². The lowest BCUT2D eigenvalue weighted by Crippen LogP contribution is -2.26. The molecule has 4 aromatic rings. The summed E-state index contributed by atoms with van der Waals surface area (Å²) in [6.45, 7) is 11.0. The quantitative estimate of drug-likeness (QED) is 0.308. The molecule has 0 fully saturated rings. The number of fused-ring (bicyclic) bond motifs is 1. The highest BCUT2D eigenvalue weighted by atomic mass is 32.1. The number of pyridine rings is 2. The fourth-order valence-electron chi connectivity index (χ4n) is 4.08. The van der Waals surface area contributed by atoms with E-state index in [-0.39, 0.29) is 34.3 Å². The number of nitrogens with one attached hydrogen (secondary N) is 2. The number of ether oxygens (including phenoxy) is 1. The lowest BCUT2D eigenvalue weighted by Gasteiger charge is -2.24. The molecule has 3 N–H and O–H groups in total. The van der Waals surface area contributed by atoms with Crippen LogP contribution in [0.1, 0.15) is 60.1 Å². The molecule has 0 saturated heterocycles. The van der Waals surface area contributed by atoms with Gasteiger partial charge in [0.15, 0.2) is 11.6 Å². The normalized spacial score (nSPS) is 12.7. The molecule has 0 radical (unpaired) electrons. The Morgan fingerprint density at radius 1 is 1.35 bits per heavy atom. The van der Waals surface area contributed by atoms with E-state index >= 15 is 4.39 Å². The number of aliphatic hydroxyl groups is 1. The van der Waals surface area contributed by atoms with Crippen LogP contribution in [0.15, 0.2) is 29.3 Å². The maximum atomic E-state index is 16.1. The van der Waals surface area contributed by atoms with Gasteiger partial charge in [-0.15, -0.1) is 11.3 Å². The highest BCUT2D eigenvalue weighted by molar-refractivity contribution is 7.16. The monoisotopic (exact) mass is 526 g/mol. The number of rotatable bonds is 7. The van der Waals surface area contributed by atoms with Crippen molar-refractivity contribution in [3.8, 4) is 22.1 Å². The van der Waals surface area contributed by atoms with Crippen LogP contribution in [0.2, 0.25) is 0 Å². The Labute approximate surface area is 218 Å². The van der Waals surface area contributed by atoms with Crippen LogP contribution in [-0.2, 0) is 7.05 Å². The summed E-state index contributed by atoms with van der Waals surface area (Å²) in [6.07, 6.45) is 3.24. The largest absolute Gasteiger partial charge is 0.434 e. The van der Waals surface area contributed by atoms with E-state index in [1.54, 1.807) is 53.2 Å². The summed E-state index contributed by atoms with van der Waals surface area (Å²) < 4.78 is 23.6. The second-order valence-electron chi connectivity index (χ2n) is 9.84. The van der Waals surface area contributed by atoms with Crippen LogP contribution in [0.25, 0.3) is 21.3 Å². The van der Waals surface area contributed by atoms with E-state index in [1.165, 1.54) is 4.57 Å². The molecule has 4 rings (SSSR count). The van der Waals surface area contributed by atoms with Crippen LogP contribution < -0.4 is 15.6 Å². The van der Waals surface area contributed by atoms with Crippen LogP contribution in [0.5, 0.6) is 11.6 Å². The summed E-state index contributed by atoms with van der Waals surface area (Å²) in [4.78, 5) is 33.4. The molecule has 4 heterocycles.